The molecule has 0 fully saturated rings. The van der Waals surface area contributed by atoms with Crippen molar-refractivity contribution < 1.29 is 15.0 Å². The molecule has 0 radical (unpaired) electrons. The largest absolute Gasteiger partial charge is 0.478 e. The van der Waals surface area contributed by atoms with Gasteiger partial charge in [0, 0.05) is 11.0 Å². The van der Waals surface area contributed by atoms with Crippen molar-refractivity contribution in [1.82, 2.24) is 0 Å². The Morgan fingerprint density at radius 2 is 2.25 bits per heavy atom. The highest BCUT2D eigenvalue weighted by atomic mass is 79.9. The third-order valence-corrected chi connectivity index (χ3v) is 2.95. The van der Waals surface area contributed by atoms with Crippen LogP contribution in [0.3, 0.4) is 0 Å². The number of carboxylic acid groups (broad SMARTS) is 1. The second-order valence-electron chi connectivity index (χ2n) is 3.16. The van der Waals surface area contributed by atoms with E-state index in [1.807, 2.05) is 0 Å². The van der Waals surface area contributed by atoms with Gasteiger partial charge in [0.25, 0.3) is 0 Å². The SMILES string of the molecule is O=C(O)c1cccc(Br)c1NCC(O)CCl. The summed E-state index contributed by atoms with van der Waals surface area (Å²) in [6.45, 7) is 0.201. The summed E-state index contributed by atoms with van der Waals surface area (Å²) in [7, 11) is 0. The van der Waals surface area contributed by atoms with E-state index in [9.17, 15) is 9.90 Å². The van der Waals surface area contributed by atoms with Crippen LogP contribution < -0.4 is 5.32 Å². The number of rotatable bonds is 5. The fourth-order valence-electron chi connectivity index (χ4n) is 1.16. The van der Waals surface area contributed by atoms with Crippen LogP contribution in [0.15, 0.2) is 22.7 Å². The monoisotopic (exact) mass is 307 g/mol. The van der Waals surface area contributed by atoms with Crippen molar-refractivity contribution in [2.24, 2.45) is 0 Å². The first-order valence-electron chi connectivity index (χ1n) is 4.56. The average molecular weight is 309 g/mol. The first kappa shape index (κ1) is 13.3. The number of carbonyl (C=O) groups is 1. The minimum absolute atomic E-state index is 0.0971. The maximum absolute atomic E-state index is 10.9. The van der Waals surface area contributed by atoms with Gasteiger partial charge in [-0.3, -0.25) is 0 Å². The Morgan fingerprint density at radius 1 is 1.56 bits per heavy atom. The van der Waals surface area contributed by atoms with E-state index in [1.165, 1.54) is 6.07 Å². The van der Waals surface area contributed by atoms with Gasteiger partial charge in [-0.15, -0.1) is 11.6 Å². The van der Waals surface area contributed by atoms with Gasteiger partial charge in [-0.2, -0.15) is 0 Å². The lowest BCUT2D eigenvalue weighted by molar-refractivity contribution is 0.0697. The van der Waals surface area contributed by atoms with Crippen LogP contribution in [-0.4, -0.2) is 34.7 Å². The maximum Gasteiger partial charge on any atom is 0.337 e. The summed E-state index contributed by atoms with van der Waals surface area (Å²) >= 11 is 8.69. The number of hydrogen-bond acceptors (Lipinski definition) is 3. The van der Waals surface area contributed by atoms with Crippen molar-refractivity contribution in [3.05, 3.63) is 28.2 Å². The van der Waals surface area contributed by atoms with E-state index >= 15 is 0 Å². The van der Waals surface area contributed by atoms with Gasteiger partial charge in [-0.25, -0.2) is 4.79 Å². The normalized spacial score (nSPS) is 12.2. The highest BCUT2D eigenvalue weighted by Gasteiger charge is 2.13. The lowest BCUT2D eigenvalue weighted by Crippen LogP contribution is -2.22. The maximum atomic E-state index is 10.9. The van der Waals surface area contributed by atoms with Crippen molar-refractivity contribution >= 4 is 39.2 Å². The third-order valence-electron chi connectivity index (χ3n) is 1.94. The number of benzene rings is 1. The Hall–Kier alpha value is -0.780. The lowest BCUT2D eigenvalue weighted by Gasteiger charge is -2.13. The first-order chi connectivity index (χ1) is 7.56. The fourth-order valence-corrected chi connectivity index (χ4v) is 1.77. The molecule has 0 spiro atoms. The van der Waals surface area contributed by atoms with Crippen LogP contribution in [-0.2, 0) is 0 Å². The molecule has 88 valence electrons. The molecule has 0 aliphatic rings. The number of carboxylic acids is 1. The van der Waals surface area contributed by atoms with E-state index in [4.69, 9.17) is 16.7 Å². The Kier molecular flexibility index (Phi) is 5.05. The van der Waals surface area contributed by atoms with Crippen LogP contribution in [0.2, 0.25) is 0 Å². The smallest absolute Gasteiger partial charge is 0.337 e. The van der Waals surface area contributed by atoms with E-state index in [1.54, 1.807) is 12.1 Å². The first-order valence-corrected chi connectivity index (χ1v) is 5.88. The quantitative estimate of drug-likeness (QED) is 0.729. The van der Waals surface area contributed by atoms with E-state index in [0.717, 1.165) is 0 Å². The number of aliphatic hydroxyl groups is 1. The Labute approximate surface area is 106 Å². The van der Waals surface area contributed by atoms with Crippen molar-refractivity contribution in [2.75, 3.05) is 17.7 Å². The molecule has 0 aliphatic heterocycles. The molecule has 4 nitrogen and oxygen atoms in total. The molecule has 0 aliphatic carbocycles. The molecule has 1 aromatic carbocycles. The molecular formula is C10H11BrClNO3. The Morgan fingerprint density at radius 3 is 2.81 bits per heavy atom. The van der Waals surface area contributed by atoms with Crippen molar-refractivity contribution in [3.63, 3.8) is 0 Å². The highest BCUT2D eigenvalue weighted by molar-refractivity contribution is 9.10. The number of para-hydroxylation sites is 1. The number of alkyl halides is 1. The molecule has 1 unspecified atom stereocenters. The van der Waals surface area contributed by atoms with E-state index in [-0.39, 0.29) is 18.0 Å². The van der Waals surface area contributed by atoms with Crippen molar-refractivity contribution in [2.45, 2.75) is 6.10 Å². The highest BCUT2D eigenvalue weighted by Crippen LogP contribution is 2.26. The standard InChI is InChI=1S/C10H11BrClNO3/c11-8-3-1-2-7(10(15)16)9(8)13-5-6(14)4-12/h1-3,6,13-14H,4-5H2,(H,15,16). The number of halogens is 2. The molecule has 0 amide bonds. The summed E-state index contributed by atoms with van der Waals surface area (Å²) in [5, 5.41) is 21.1. The summed E-state index contributed by atoms with van der Waals surface area (Å²) < 4.78 is 0.633. The van der Waals surface area contributed by atoms with Gasteiger partial charge in [0.2, 0.25) is 0 Å². The molecule has 0 bridgehead atoms. The molecule has 1 aromatic rings. The third kappa shape index (κ3) is 3.37. The minimum atomic E-state index is -1.02. The summed E-state index contributed by atoms with van der Waals surface area (Å²) in [5.74, 6) is -0.927. The van der Waals surface area contributed by atoms with Crippen LogP contribution >= 0.6 is 27.5 Å². The zero-order chi connectivity index (χ0) is 12.1. The molecule has 0 saturated heterocycles. The number of aliphatic hydroxyl groups excluding tert-OH is 1. The zero-order valence-corrected chi connectivity index (χ0v) is 10.6. The number of anilines is 1. The molecule has 0 heterocycles. The lowest BCUT2D eigenvalue weighted by atomic mass is 10.2. The van der Waals surface area contributed by atoms with Crippen LogP contribution in [0, 0.1) is 0 Å². The summed E-state index contributed by atoms with van der Waals surface area (Å²) in [6, 6.07) is 4.85. The van der Waals surface area contributed by atoms with Gasteiger partial charge in [-0.05, 0) is 28.1 Å². The van der Waals surface area contributed by atoms with Gasteiger partial charge in [-0.1, -0.05) is 6.07 Å². The van der Waals surface area contributed by atoms with Crippen molar-refractivity contribution in [1.29, 1.82) is 0 Å². The Balaban J connectivity index is 2.88. The number of hydrogen-bond donors (Lipinski definition) is 3. The van der Waals surface area contributed by atoms with Gasteiger partial charge >= 0.3 is 5.97 Å². The zero-order valence-electron chi connectivity index (χ0n) is 8.28. The molecule has 0 aromatic heterocycles. The van der Waals surface area contributed by atoms with E-state index in [0.29, 0.717) is 10.2 Å². The van der Waals surface area contributed by atoms with E-state index < -0.39 is 12.1 Å². The predicted molar refractivity (Wildman–Crippen MR) is 66.3 cm³/mol. The molecule has 16 heavy (non-hydrogen) atoms. The Bertz CT molecular complexity index is 386. The molecule has 3 N–H and O–H groups in total. The predicted octanol–water partition coefficient (Wildman–Crippen LogP) is 2.16. The van der Waals surface area contributed by atoms with Gasteiger partial charge in [0.1, 0.15) is 0 Å². The van der Waals surface area contributed by atoms with Crippen LogP contribution in [0.4, 0.5) is 5.69 Å². The topological polar surface area (TPSA) is 69.6 Å². The molecule has 1 atom stereocenters. The molecule has 0 saturated carbocycles. The average Bonchev–Trinajstić information content (AvgIpc) is 2.26. The number of aromatic carboxylic acids is 1. The van der Waals surface area contributed by atoms with Crippen molar-refractivity contribution in [3.8, 4) is 0 Å². The van der Waals surface area contributed by atoms with Gasteiger partial charge < -0.3 is 15.5 Å². The minimum Gasteiger partial charge on any atom is -0.478 e. The second-order valence-corrected chi connectivity index (χ2v) is 4.32. The summed E-state index contributed by atoms with van der Waals surface area (Å²) in [6.07, 6.45) is -0.713. The van der Waals surface area contributed by atoms with Crippen LogP contribution in [0.5, 0.6) is 0 Å². The fraction of sp³-hybridized carbons (Fsp3) is 0.300. The molecule has 1 rings (SSSR count). The van der Waals surface area contributed by atoms with Crippen LogP contribution in [0.25, 0.3) is 0 Å². The molecule has 6 heteroatoms. The van der Waals surface area contributed by atoms with Crippen LogP contribution in [0.1, 0.15) is 10.4 Å². The molecular weight excluding hydrogens is 297 g/mol. The number of nitrogens with one attached hydrogen (secondary N) is 1. The second kappa shape index (κ2) is 6.08. The summed E-state index contributed by atoms with van der Waals surface area (Å²) in [4.78, 5) is 10.9. The summed E-state index contributed by atoms with van der Waals surface area (Å²) in [5.41, 5.74) is 0.593. The van der Waals surface area contributed by atoms with E-state index in [2.05, 4.69) is 21.2 Å². The van der Waals surface area contributed by atoms with Gasteiger partial charge in [0.15, 0.2) is 0 Å². The van der Waals surface area contributed by atoms with Gasteiger partial charge in [0.05, 0.1) is 23.2 Å².